The molecule has 6 aromatic rings. The van der Waals surface area contributed by atoms with Crippen molar-refractivity contribution in [3.05, 3.63) is 117 Å². The zero-order chi connectivity index (χ0) is 35.1. The molecular formula is C39H36N4O6. The van der Waals surface area contributed by atoms with E-state index in [1.54, 1.807) is 72.8 Å². The van der Waals surface area contributed by atoms with Gasteiger partial charge in [-0.05, 0) is 90.3 Å². The fraction of sp³-hybridized carbons (Fsp3) is 0.231. The fourth-order valence-corrected chi connectivity index (χ4v) is 4.97. The highest BCUT2D eigenvalue weighted by Crippen LogP contribution is 2.26. The second-order valence-corrected chi connectivity index (χ2v) is 14.1. The summed E-state index contributed by atoms with van der Waals surface area (Å²) >= 11 is 0. The molecular weight excluding hydrogens is 620 g/mol. The minimum atomic E-state index is -0.530. The number of carbonyl (C=O) groups excluding carboxylic acids is 2. The van der Waals surface area contributed by atoms with Gasteiger partial charge in [0.15, 0.2) is 0 Å². The van der Waals surface area contributed by atoms with Crippen LogP contribution in [0, 0.1) is 10.8 Å². The highest BCUT2D eigenvalue weighted by atomic mass is 16.4. The van der Waals surface area contributed by atoms with Crippen LogP contribution in [0.25, 0.3) is 44.7 Å². The molecule has 248 valence electrons. The number of fused-ring (bicyclic) bond motifs is 2. The topological polar surface area (TPSA) is 144 Å². The summed E-state index contributed by atoms with van der Waals surface area (Å²) in [7, 11) is 0. The molecule has 10 heteroatoms. The third-order valence-corrected chi connectivity index (χ3v) is 7.93. The summed E-state index contributed by atoms with van der Waals surface area (Å²) in [5.74, 6) is 0.144. The summed E-state index contributed by atoms with van der Waals surface area (Å²) in [6, 6.07) is 24.7. The molecule has 0 radical (unpaired) electrons. The van der Waals surface area contributed by atoms with Gasteiger partial charge in [-0.2, -0.15) is 0 Å². The maximum absolute atomic E-state index is 13.0. The van der Waals surface area contributed by atoms with Crippen molar-refractivity contribution < 1.29 is 18.4 Å². The smallest absolute Gasteiger partial charge is 0.347 e. The first kappa shape index (κ1) is 33.0. The van der Waals surface area contributed by atoms with Gasteiger partial charge in [0, 0.05) is 33.3 Å². The summed E-state index contributed by atoms with van der Waals surface area (Å²) in [4.78, 5) is 59.8. The van der Waals surface area contributed by atoms with Gasteiger partial charge in [-0.15, -0.1) is 0 Å². The number of aromatic nitrogens is 2. The van der Waals surface area contributed by atoms with Crippen LogP contribution >= 0.6 is 0 Å². The fourth-order valence-electron chi connectivity index (χ4n) is 4.97. The zero-order valence-electron chi connectivity index (χ0n) is 28.1. The molecule has 0 aliphatic heterocycles. The second kappa shape index (κ2) is 12.6. The van der Waals surface area contributed by atoms with Crippen molar-refractivity contribution in [1.29, 1.82) is 0 Å². The monoisotopic (exact) mass is 656 g/mol. The molecule has 49 heavy (non-hydrogen) atoms. The predicted octanol–water partition coefficient (Wildman–Crippen LogP) is 7.58. The number of nitrogens with one attached hydrogen (secondary N) is 2. The molecule has 0 spiro atoms. The molecule has 0 aliphatic carbocycles. The molecule has 0 atom stereocenters. The van der Waals surface area contributed by atoms with Crippen molar-refractivity contribution >= 4 is 45.0 Å². The average Bonchev–Trinajstić information content (AvgIpc) is 3.05. The summed E-state index contributed by atoms with van der Waals surface area (Å²) < 4.78 is 11.2. The van der Waals surface area contributed by atoms with E-state index in [9.17, 15) is 19.2 Å². The first-order chi connectivity index (χ1) is 23.1. The number of carbonyl (C=O) groups is 2. The molecule has 0 fully saturated rings. The van der Waals surface area contributed by atoms with Crippen LogP contribution in [0.4, 0.5) is 11.4 Å². The Hall–Kier alpha value is -5.90. The molecule has 2 heterocycles. The summed E-state index contributed by atoms with van der Waals surface area (Å²) in [5.41, 5.74) is 3.01. The van der Waals surface area contributed by atoms with Gasteiger partial charge in [-0.3, -0.25) is 9.59 Å². The van der Waals surface area contributed by atoms with Crippen molar-refractivity contribution in [2.45, 2.75) is 48.0 Å². The lowest BCUT2D eigenvalue weighted by Gasteiger charge is -2.17. The van der Waals surface area contributed by atoms with Gasteiger partial charge in [-0.1, -0.05) is 53.7 Å². The van der Waals surface area contributed by atoms with Crippen molar-refractivity contribution in [1.82, 2.24) is 9.97 Å². The number of anilines is 2. The molecule has 4 aromatic carbocycles. The van der Waals surface area contributed by atoms with Crippen LogP contribution in [-0.2, 0) is 16.0 Å². The largest absolute Gasteiger partial charge is 0.403 e. The molecule has 10 nitrogen and oxygen atoms in total. The highest BCUT2D eigenvalue weighted by Gasteiger charge is 2.22. The van der Waals surface area contributed by atoms with Gasteiger partial charge in [0.25, 0.3) is 0 Å². The van der Waals surface area contributed by atoms with E-state index in [4.69, 9.17) is 8.83 Å². The Kier molecular flexibility index (Phi) is 8.50. The van der Waals surface area contributed by atoms with Gasteiger partial charge >= 0.3 is 11.3 Å². The molecule has 0 bridgehead atoms. The maximum atomic E-state index is 13.0. The lowest BCUT2D eigenvalue weighted by atomic mass is 9.95. The third kappa shape index (κ3) is 7.33. The SMILES string of the molecule is CC(C)(C)C(=O)Nc1ccc(-c2nc3ccc(Cc4ccc5nc(-c6ccc(NC(=O)C(C)(C)C)cc6)oc(=O)c5c4)cc3c(=O)o2)cc1. The van der Waals surface area contributed by atoms with Crippen LogP contribution < -0.4 is 21.9 Å². The molecule has 0 aliphatic rings. The van der Waals surface area contributed by atoms with Crippen LogP contribution in [0.5, 0.6) is 0 Å². The Bertz CT molecular complexity index is 2180. The summed E-state index contributed by atoms with van der Waals surface area (Å²) in [5, 5.41) is 6.42. The molecule has 6 rings (SSSR count). The predicted molar refractivity (Wildman–Crippen MR) is 190 cm³/mol. The van der Waals surface area contributed by atoms with Crippen LogP contribution in [0.15, 0.2) is 103 Å². The van der Waals surface area contributed by atoms with E-state index >= 15 is 0 Å². The first-order valence-corrected chi connectivity index (χ1v) is 15.9. The van der Waals surface area contributed by atoms with Crippen LogP contribution in [0.1, 0.15) is 52.7 Å². The molecule has 2 amide bonds. The van der Waals surface area contributed by atoms with Crippen LogP contribution in [-0.4, -0.2) is 21.8 Å². The molecule has 2 N–H and O–H groups in total. The number of hydrogen-bond donors (Lipinski definition) is 2. The molecule has 0 unspecified atom stereocenters. The van der Waals surface area contributed by atoms with Gasteiger partial charge in [0.1, 0.15) is 0 Å². The van der Waals surface area contributed by atoms with Gasteiger partial charge in [0.2, 0.25) is 23.6 Å². The quantitative estimate of drug-likeness (QED) is 0.187. The number of rotatable bonds is 6. The Morgan fingerprint density at radius 3 is 1.29 bits per heavy atom. The van der Waals surface area contributed by atoms with E-state index in [1.165, 1.54) is 0 Å². The van der Waals surface area contributed by atoms with Gasteiger partial charge in [-0.25, -0.2) is 19.6 Å². The maximum Gasteiger partial charge on any atom is 0.347 e. The minimum absolute atomic E-state index is 0.104. The lowest BCUT2D eigenvalue weighted by molar-refractivity contribution is -0.123. The first-order valence-electron chi connectivity index (χ1n) is 15.9. The Balaban J connectivity index is 1.19. The molecule has 0 saturated carbocycles. The Labute approximate surface area is 282 Å². The van der Waals surface area contributed by atoms with E-state index in [2.05, 4.69) is 20.6 Å². The Morgan fingerprint density at radius 1 is 0.571 bits per heavy atom. The van der Waals surface area contributed by atoms with E-state index in [-0.39, 0.29) is 23.6 Å². The highest BCUT2D eigenvalue weighted by molar-refractivity contribution is 5.95. The zero-order valence-corrected chi connectivity index (χ0v) is 28.1. The van der Waals surface area contributed by atoms with Crippen molar-refractivity contribution in [2.24, 2.45) is 10.8 Å². The average molecular weight is 657 g/mol. The van der Waals surface area contributed by atoms with E-state index in [1.807, 2.05) is 53.7 Å². The van der Waals surface area contributed by atoms with Crippen LogP contribution in [0.2, 0.25) is 0 Å². The summed E-state index contributed by atoms with van der Waals surface area (Å²) in [6.07, 6.45) is 0.442. The number of benzene rings is 4. The number of nitrogens with zero attached hydrogens (tertiary/aromatic N) is 2. The molecule has 0 saturated heterocycles. The summed E-state index contributed by atoms with van der Waals surface area (Å²) in [6.45, 7) is 11.0. The molecule has 2 aromatic heterocycles. The third-order valence-electron chi connectivity index (χ3n) is 7.93. The van der Waals surface area contributed by atoms with Crippen LogP contribution in [0.3, 0.4) is 0 Å². The van der Waals surface area contributed by atoms with Gasteiger partial charge < -0.3 is 19.5 Å². The standard InChI is InChI=1S/C39H36N4O6/c1-38(2,3)36(46)40-26-13-9-24(10-14-26)32-42-30-17-7-22(20-28(30)34(44)48-32)19-23-8-18-31-29(21-23)35(45)49-33(43-31)25-11-15-27(16-12-25)41-37(47)39(4,5)6/h7-18,20-21H,19H2,1-6H3,(H,40,46)(H,41,47). The minimum Gasteiger partial charge on any atom is -0.403 e. The van der Waals surface area contributed by atoms with E-state index in [0.29, 0.717) is 50.7 Å². The van der Waals surface area contributed by atoms with Crippen molar-refractivity contribution in [3.8, 4) is 22.9 Å². The van der Waals surface area contributed by atoms with E-state index < -0.39 is 22.1 Å². The van der Waals surface area contributed by atoms with E-state index in [0.717, 1.165) is 11.1 Å². The Morgan fingerprint density at radius 2 is 0.939 bits per heavy atom. The van der Waals surface area contributed by atoms with Crippen molar-refractivity contribution in [2.75, 3.05) is 10.6 Å². The second-order valence-electron chi connectivity index (χ2n) is 14.1. The number of hydrogen-bond acceptors (Lipinski definition) is 8. The van der Waals surface area contributed by atoms with Crippen molar-refractivity contribution in [3.63, 3.8) is 0 Å². The number of amides is 2. The van der Waals surface area contributed by atoms with Gasteiger partial charge in [0.05, 0.1) is 21.8 Å². The normalized spacial score (nSPS) is 11.9. The lowest BCUT2D eigenvalue weighted by Crippen LogP contribution is -2.27.